The van der Waals surface area contributed by atoms with Crippen molar-refractivity contribution < 1.29 is 9.84 Å². The van der Waals surface area contributed by atoms with Gasteiger partial charge in [0.25, 0.3) is 0 Å². The molecule has 0 radical (unpaired) electrons. The second kappa shape index (κ2) is 9.39. The second-order valence-electron chi connectivity index (χ2n) is 6.86. The van der Waals surface area contributed by atoms with Crippen LogP contribution in [0.5, 0.6) is 11.5 Å². The van der Waals surface area contributed by atoms with E-state index in [1.165, 1.54) is 0 Å². The van der Waals surface area contributed by atoms with Gasteiger partial charge in [0.15, 0.2) is 0 Å². The monoisotopic (exact) mass is 393 g/mol. The van der Waals surface area contributed by atoms with Crippen molar-refractivity contribution in [2.75, 3.05) is 26.2 Å². The number of H-pyrrole nitrogens is 1. The van der Waals surface area contributed by atoms with Crippen LogP contribution in [0.1, 0.15) is 19.4 Å². The van der Waals surface area contributed by atoms with Gasteiger partial charge in [-0.2, -0.15) is 4.98 Å². The maximum atomic E-state index is 12.2. The molecule has 1 heterocycles. The van der Waals surface area contributed by atoms with E-state index in [0.717, 1.165) is 36.3 Å². The van der Waals surface area contributed by atoms with Crippen LogP contribution in [0, 0.1) is 6.92 Å². The maximum absolute atomic E-state index is 12.2. The lowest BCUT2D eigenvalue weighted by Gasteiger charge is -2.19. The number of hydrogen-bond acceptors (Lipinski definition) is 5. The molecule has 0 unspecified atom stereocenters. The van der Waals surface area contributed by atoms with Gasteiger partial charge in [0.1, 0.15) is 18.1 Å². The minimum atomic E-state index is -0.429. The molecule has 0 spiro atoms. The van der Waals surface area contributed by atoms with Crippen molar-refractivity contribution in [2.24, 2.45) is 0 Å². The van der Waals surface area contributed by atoms with Gasteiger partial charge >= 0.3 is 5.69 Å². The van der Waals surface area contributed by atoms with Crippen molar-refractivity contribution in [2.45, 2.75) is 20.8 Å². The Morgan fingerprint density at radius 2 is 1.86 bits per heavy atom. The molecule has 0 atom stereocenters. The minimum absolute atomic E-state index is 0.214. The predicted octanol–water partition coefficient (Wildman–Crippen LogP) is 3.84. The smallest absolute Gasteiger partial charge is 0.345 e. The second-order valence-corrected chi connectivity index (χ2v) is 6.86. The van der Waals surface area contributed by atoms with Crippen molar-refractivity contribution >= 4 is 0 Å². The van der Waals surface area contributed by atoms with Gasteiger partial charge in [-0.3, -0.25) is 0 Å². The van der Waals surface area contributed by atoms with E-state index in [1.807, 2.05) is 43.3 Å². The summed E-state index contributed by atoms with van der Waals surface area (Å²) in [4.78, 5) is 21.4. The number of aromatic amines is 1. The fourth-order valence-corrected chi connectivity index (χ4v) is 3.20. The number of aromatic hydroxyl groups is 1. The van der Waals surface area contributed by atoms with E-state index in [9.17, 15) is 9.90 Å². The summed E-state index contributed by atoms with van der Waals surface area (Å²) in [5, 5.41) is 9.76. The molecule has 3 aromatic rings. The van der Waals surface area contributed by atoms with Crippen molar-refractivity contribution in [3.63, 3.8) is 0 Å². The third kappa shape index (κ3) is 5.03. The van der Waals surface area contributed by atoms with Crippen LogP contribution in [-0.4, -0.2) is 46.2 Å². The molecular formula is C23H27N3O3. The topological polar surface area (TPSA) is 78.5 Å². The van der Waals surface area contributed by atoms with E-state index in [-0.39, 0.29) is 5.75 Å². The Kier molecular flexibility index (Phi) is 6.67. The number of aryl methyl sites for hydroxylation is 1. The van der Waals surface area contributed by atoms with Crippen LogP contribution in [0.3, 0.4) is 0 Å². The van der Waals surface area contributed by atoms with Crippen molar-refractivity contribution in [1.29, 1.82) is 0 Å². The Hall–Kier alpha value is -3.12. The molecule has 0 amide bonds. The SMILES string of the molecule is CCN(CC)CCOc1ccccc1-c1cc(-c2ccc(O)c(C)c2)nc(=O)[nH]1. The molecule has 2 N–H and O–H groups in total. The van der Waals surface area contributed by atoms with Crippen molar-refractivity contribution in [3.8, 4) is 34.0 Å². The highest BCUT2D eigenvalue weighted by Crippen LogP contribution is 2.30. The van der Waals surface area contributed by atoms with Crippen LogP contribution in [0.2, 0.25) is 0 Å². The molecule has 0 bridgehead atoms. The van der Waals surface area contributed by atoms with Gasteiger partial charge < -0.3 is 19.7 Å². The van der Waals surface area contributed by atoms with E-state index in [2.05, 4.69) is 28.7 Å². The molecule has 0 aliphatic rings. The first kappa shape index (κ1) is 20.6. The number of likely N-dealkylation sites (N-methyl/N-ethyl adjacent to an activating group) is 1. The van der Waals surface area contributed by atoms with Crippen LogP contribution in [0.15, 0.2) is 53.3 Å². The van der Waals surface area contributed by atoms with Gasteiger partial charge in [0.2, 0.25) is 0 Å². The largest absolute Gasteiger partial charge is 0.508 e. The molecule has 6 heteroatoms. The molecule has 3 rings (SSSR count). The summed E-state index contributed by atoms with van der Waals surface area (Å²) in [6.07, 6.45) is 0. The number of aromatic nitrogens is 2. The first-order chi connectivity index (χ1) is 14.0. The van der Waals surface area contributed by atoms with Gasteiger partial charge in [-0.25, -0.2) is 4.79 Å². The number of hydrogen-bond donors (Lipinski definition) is 2. The lowest BCUT2D eigenvalue weighted by molar-refractivity contribution is 0.223. The van der Waals surface area contributed by atoms with Crippen molar-refractivity contribution in [3.05, 3.63) is 64.6 Å². The van der Waals surface area contributed by atoms with Crippen LogP contribution < -0.4 is 10.4 Å². The number of nitrogens with zero attached hydrogens (tertiary/aromatic N) is 2. The third-order valence-electron chi connectivity index (χ3n) is 4.97. The highest BCUT2D eigenvalue weighted by molar-refractivity contribution is 5.72. The Morgan fingerprint density at radius 3 is 2.59 bits per heavy atom. The zero-order valence-electron chi connectivity index (χ0n) is 17.1. The minimum Gasteiger partial charge on any atom is -0.508 e. The Labute approximate surface area is 170 Å². The highest BCUT2D eigenvalue weighted by atomic mass is 16.5. The third-order valence-corrected chi connectivity index (χ3v) is 4.97. The average molecular weight is 393 g/mol. The van der Waals surface area contributed by atoms with Gasteiger partial charge in [-0.05, 0) is 62.0 Å². The Morgan fingerprint density at radius 1 is 1.10 bits per heavy atom. The number of phenolic OH excluding ortho intramolecular Hbond substituents is 1. The van der Waals surface area contributed by atoms with Gasteiger partial charge in [0.05, 0.1) is 11.4 Å². The van der Waals surface area contributed by atoms with Gasteiger partial charge in [-0.15, -0.1) is 0 Å². The molecule has 1 aromatic heterocycles. The summed E-state index contributed by atoms with van der Waals surface area (Å²) in [6.45, 7) is 9.44. The first-order valence-corrected chi connectivity index (χ1v) is 9.87. The normalized spacial score (nSPS) is 11.0. The van der Waals surface area contributed by atoms with E-state index >= 15 is 0 Å². The fourth-order valence-electron chi connectivity index (χ4n) is 3.20. The maximum Gasteiger partial charge on any atom is 0.345 e. The van der Waals surface area contributed by atoms with Gasteiger partial charge in [0, 0.05) is 17.7 Å². The number of nitrogens with one attached hydrogen (secondary N) is 1. The summed E-state index contributed by atoms with van der Waals surface area (Å²) in [7, 11) is 0. The number of phenols is 1. The van der Waals surface area contributed by atoms with E-state index in [0.29, 0.717) is 23.7 Å². The zero-order valence-corrected chi connectivity index (χ0v) is 17.1. The summed E-state index contributed by atoms with van der Waals surface area (Å²) in [5.74, 6) is 0.931. The summed E-state index contributed by atoms with van der Waals surface area (Å²) >= 11 is 0. The lowest BCUT2D eigenvalue weighted by atomic mass is 10.0. The van der Waals surface area contributed by atoms with Gasteiger partial charge in [-0.1, -0.05) is 26.0 Å². The number of rotatable bonds is 8. The van der Waals surface area contributed by atoms with Crippen molar-refractivity contribution in [1.82, 2.24) is 14.9 Å². The zero-order chi connectivity index (χ0) is 20.8. The van der Waals surface area contributed by atoms with Crippen LogP contribution in [0.25, 0.3) is 22.5 Å². The first-order valence-electron chi connectivity index (χ1n) is 9.87. The van der Waals surface area contributed by atoms with E-state index in [1.54, 1.807) is 12.1 Å². The molecule has 0 fully saturated rings. The Balaban J connectivity index is 1.92. The van der Waals surface area contributed by atoms with E-state index in [4.69, 9.17) is 4.74 Å². The predicted molar refractivity (Wildman–Crippen MR) is 115 cm³/mol. The number of para-hydroxylation sites is 1. The quantitative estimate of drug-likeness (QED) is 0.608. The fraction of sp³-hybridized carbons (Fsp3) is 0.304. The summed E-state index contributed by atoms with van der Waals surface area (Å²) in [5.41, 5.74) is 3.07. The molecule has 0 saturated carbocycles. The Bertz CT molecular complexity index is 1030. The number of benzene rings is 2. The summed E-state index contributed by atoms with van der Waals surface area (Å²) < 4.78 is 6.03. The highest BCUT2D eigenvalue weighted by Gasteiger charge is 2.11. The van der Waals surface area contributed by atoms with Crippen LogP contribution in [-0.2, 0) is 0 Å². The molecule has 152 valence electrons. The molecule has 2 aromatic carbocycles. The summed E-state index contributed by atoms with van der Waals surface area (Å²) in [6, 6.07) is 14.7. The van der Waals surface area contributed by atoms with E-state index < -0.39 is 5.69 Å². The lowest BCUT2D eigenvalue weighted by Crippen LogP contribution is -2.28. The van der Waals surface area contributed by atoms with Crippen LogP contribution >= 0.6 is 0 Å². The number of ether oxygens (including phenoxy) is 1. The van der Waals surface area contributed by atoms with Crippen LogP contribution in [0.4, 0.5) is 0 Å². The average Bonchev–Trinajstić information content (AvgIpc) is 2.73. The molecule has 0 aliphatic heterocycles. The molecule has 29 heavy (non-hydrogen) atoms. The molecule has 0 saturated heterocycles. The molecule has 0 aliphatic carbocycles. The molecular weight excluding hydrogens is 366 g/mol. The molecule has 6 nitrogen and oxygen atoms in total. The standard InChI is InChI=1S/C23H27N3O3/c1-4-26(5-2)12-13-29-22-9-7-6-8-18(22)20-15-19(24-23(28)25-20)17-10-11-21(27)16(3)14-17/h6-11,14-15,27H,4-5,12-13H2,1-3H3,(H,24,25,28).